The molecular weight excluding hydrogens is 228 g/mol. The first-order chi connectivity index (χ1) is 8.70. The van der Waals surface area contributed by atoms with Crippen LogP contribution in [0.25, 0.3) is 0 Å². The Morgan fingerprint density at radius 1 is 1.17 bits per heavy atom. The van der Waals surface area contributed by atoms with Gasteiger partial charge in [-0.1, -0.05) is 6.92 Å². The fourth-order valence-corrected chi connectivity index (χ4v) is 3.11. The van der Waals surface area contributed by atoms with Gasteiger partial charge in [-0.2, -0.15) is 0 Å². The number of amides is 1. The van der Waals surface area contributed by atoms with E-state index in [4.69, 9.17) is 0 Å². The second-order valence-electron chi connectivity index (χ2n) is 5.65. The molecule has 18 heavy (non-hydrogen) atoms. The largest absolute Gasteiger partial charge is 0.393 e. The van der Waals surface area contributed by atoms with Gasteiger partial charge in [-0.05, 0) is 38.5 Å². The van der Waals surface area contributed by atoms with Crippen LogP contribution >= 0.6 is 0 Å². The molecule has 0 spiro atoms. The smallest absolute Gasteiger partial charge is 0.236 e. The molecule has 2 aliphatic heterocycles. The first-order valence-corrected chi connectivity index (χ1v) is 7.40. The van der Waals surface area contributed by atoms with E-state index in [0.29, 0.717) is 12.6 Å². The van der Waals surface area contributed by atoms with Crippen molar-refractivity contribution in [1.29, 1.82) is 0 Å². The highest BCUT2D eigenvalue weighted by Crippen LogP contribution is 2.20. The molecule has 0 bridgehead atoms. The van der Waals surface area contributed by atoms with Crippen LogP contribution in [-0.2, 0) is 4.79 Å². The summed E-state index contributed by atoms with van der Waals surface area (Å²) in [6, 6.07) is 0.460. The summed E-state index contributed by atoms with van der Waals surface area (Å²) in [7, 11) is 0. The Labute approximate surface area is 110 Å². The van der Waals surface area contributed by atoms with Gasteiger partial charge in [0.15, 0.2) is 0 Å². The number of hydrogen-bond donors (Lipinski definition) is 1. The van der Waals surface area contributed by atoms with Crippen molar-refractivity contribution in [1.82, 2.24) is 9.80 Å². The van der Waals surface area contributed by atoms with Crippen molar-refractivity contribution in [3.05, 3.63) is 0 Å². The highest BCUT2D eigenvalue weighted by molar-refractivity contribution is 5.78. The van der Waals surface area contributed by atoms with Crippen LogP contribution in [-0.4, -0.2) is 59.1 Å². The lowest BCUT2D eigenvalue weighted by molar-refractivity contribution is -0.136. The molecule has 1 amide bonds. The summed E-state index contributed by atoms with van der Waals surface area (Å²) in [5.74, 6) is 0.290. The minimum atomic E-state index is -0.158. The quantitative estimate of drug-likeness (QED) is 0.824. The molecule has 2 rings (SSSR count). The van der Waals surface area contributed by atoms with Gasteiger partial charge in [-0.25, -0.2) is 0 Å². The van der Waals surface area contributed by atoms with Crippen LogP contribution in [0.15, 0.2) is 0 Å². The van der Waals surface area contributed by atoms with Crippen LogP contribution in [0.4, 0.5) is 0 Å². The zero-order valence-corrected chi connectivity index (χ0v) is 11.5. The van der Waals surface area contributed by atoms with Gasteiger partial charge in [0, 0.05) is 25.7 Å². The van der Waals surface area contributed by atoms with Crippen molar-refractivity contribution < 1.29 is 9.90 Å². The van der Waals surface area contributed by atoms with Gasteiger partial charge >= 0.3 is 0 Å². The first kappa shape index (κ1) is 13.8. The Hall–Kier alpha value is -0.610. The molecule has 104 valence electrons. The fraction of sp³-hybridized carbons (Fsp3) is 0.929. The maximum absolute atomic E-state index is 12.3. The number of likely N-dealkylation sites (tertiary alicyclic amines) is 2. The molecule has 2 aliphatic rings. The average molecular weight is 254 g/mol. The number of hydrogen-bond acceptors (Lipinski definition) is 3. The monoisotopic (exact) mass is 254 g/mol. The van der Waals surface area contributed by atoms with Crippen molar-refractivity contribution in [2.45, 2.75) is 57.6 Å². The standard InChI is InChI=1S/C14H26N2O2/c1-2-12-5-3-4-8-16(12)14(18)11-15-9-6-13(17)7-10-15/h12-13,17H,2-11H2,1H3. The third kappa shape index (κ3) is 3.45. The summed E-state index contributed by atoms with van der Waals surface area (Å²) >= 11 is 0. The van der Waals surface area contributed by atoms with Crippen LogP contribution in [0.1, 0.15) is 45.4 Å². The number of piperidine rings is 2. The van der Waals surface area contributed by atoms with Crippen molar-refractivity contribution in [3.63, 3.8) is 0 Å². The fourth-order valence-electron chi connectivity index (χ4n) is 3.11. The van der Waals surface area contributed by atoms with E-state index in [1.54, 1.807) is 0 Å². The number of aliphatic hydroxyl groups excluding tert-OH is 1. The van der Waals surface area contributed by atoms with E-state index >= 15 is 0 Å². The maximum Gasteiger partial charge on any atom is 0.236 e. The molecule has 1 unspecified atom stereocenters. The lowest BCUT2D eigenvalue weighted by Crippen LogP contribution is -2.49. The second-order valence-corrected chi connectivity index (χ2v) is 5.65. The van der Waals surface area contributed by atoms with E-state index in [1.807, 2.05) is 0 Å². The topological polar surface area (TPSA) is 43.8 Å². The molecule has 0 aromatic rings. The van der Waals surface area contributed by atoms with Crippen LogP contribution in [0.2, 0.25) is 0 Å². The second kappa shape index (κ2) is 6.53. The Balaban J connectivity index is 1.82. The van der Waals surface area contributed by atoms with Gasteiger partial charge < -0.3 is 10.0 Å². The number of aliphatic hydroxyl groups is 1. The molecule has 1 atom stereocenters. The van der Waals surface area contributed by atoms with E-state index < -0.39 is 0 Å². The molecule has 4 nitrogen and oxygen atoms in total. The highest BCUT2D eigenvalue weighted by Gasteiger charge is 2.27. The normalized spacial score (nSPS) is 27.4. The predicted octanol–water partition coefficient (Wildman–Crippen LogP) is 1.23. The van der Waals surface area contributed by atoms with E-state index in [0.717, 1.165) is 45.3 Å². The van der Waals surface area contributed by atoms with E-state index in [-0.39, 0.29) is 12.0 Å². The SMILES string of the molecule is CCC1CCCCN1C(=O)CN1CCC(O)CC1. The van der Waals surface area contributed by atoms with Gasteiger partial charge in [-0.3, -0.25) is 9.69 Å². The average Bonchev–Trinajstić information content (AvgIpc) is 2.41. The molecule has 0 saturated carbocycles. The van der Waals surface area contributed by atoms with Gasteiger partial charge in [0.1, 0.15) is 0 Å². The summed E-state index contributed by atoms with van der Waals surface area (Å²) in [5.41, 5.74) is 0. The van der Waals surface area contributed by atoms with Crippen molar-refractivity contribution in [2.75, 3.05) is 26.2 Å². The Morgan fingerprint density at radius 3 is 2.56 bits per heavy atom. The number of carbonyl (C=O) groups is 1. The summed E-state index contributed by atoms with van der Waals surface area (Å²) in [6.45, 7) is 5.37. The number of carbonyl (C=O) groups excluding carboxylic acids is 1. The molecule has 1 N–H and O–H groups in total. The minimum absolute atomic E-state index is 0.158. The molecular formula is C14H26N2O2. The Kier molecular flexibility index (Phi) is 5.01. The Bertz CT molecular complexity index is 275. The summed E-state index contributed by atoms with van der Waals surface area (Å²) in [4.78, 5) is 16.6. The predicted molar refractivity (Wildman–Crippen MR) is 71.3 cm³/mol. The molecule has 2 heterocycles. The zero-order chi connectivity index (χ0) is 13.0. The molecule has 0 aromatic heterocycles. The zero-order valence-electron chi connectivity index (χ0n) is 11.5. The third-order valence-electron chi connectivity index (χ3n) is 4.33. The minimum Gasteiger partial charge on any atom is -0.393 e. The van der Waals surface area contributed by atoms with Crippen molar-refractivity contribution in [3.8, 4) is 0 Å². The van der Waals surface area contributed by atoms with Gasteiger partial charge in [0.25, 0.3) is 0 Å². The van der Waals surface area contributed by atoms with Gasteiger partial charge in [0.05, 0.1) is 12.6 Å². The molecule has 0 radical (unpaired) electrons. The maximum atomic E-state index is 12.3. The third-order valence-corrected chi connectivity index (χ3v) is 4.33. The molecule has 4 heteroatoms. The summed E-state index contributed by atoms with van der Waals surface area (Å²) in [5, 5.41) is 9.47. The van der Waals surface area contributed by atoms with Gasteiger partial charge in [0.2, 0.25) is 5.91 Å². The lowest BCUT2D eigenvalue weighted by atomic mass is 10.00. The summed E-state index contributed by atoms with van der Waals surface area (Å²) in [6.07, 6.45) is 6.12. The molecule has 2 saturated heterocycles. The van der Waals surface area contributed by atoms with E-state index in [2.05, 4.69) is 16.7 Å². The lowest BCUT2D eigenvalue weighted by Gasteiger charge is -2.37. The van der Waals surface area contributed by atoms with Crippen LogP contribution in [0, 0.1) is 0 Å². The number of nitrogens with zero attached hydrogens (tertiary/aromatic N) is 2. The summed E-state index contributed by atoms with van der Waals surface area (Å²) < 4.78 is 0. The molecule has 2 fully saturated rings. The van der Waals surface area contributed by atoms with Crippen LogP contribution in [0.5, 0.6) is 0 Å². The molecule has 0 aromatic carbocycles. The van der Waals surface area contributed by atoms with Gasteiger partial charge in [-0.15, -0.1) is 0 Å². The van der Waals surface area contributed by atoms with Crippen molar-refractivity contribution >= 4 is 5.91 Å². The number of rotatable bonds is 3. The highest BCUT2D eigenvalue weighted by atomic mass is 16.3. The van der Waals surface area contributed by atoms with E-state index in [9.17, 15) is 9.90 Å². The Morgan fingerprint density at radius 2 is 1.89 bits per heavy atom. The van der Waals surface area contributed by atoms with E-state index in [1.165, 1.54) is 12.8 Å². The molecule has 0 aliphatic carbocycles. The first-order valence-electron chi connectivity index (χ1n) is 7.40. The van der Waals surface area contributed by atoms with Crippen LogP contribution < -0.4 is 0 Å². The van der Waals surface area contributed by atoms with Crippen LogP contribution in [0.3, 0.4) is 0 Å². The van der Waals surface area contributed by atoms with Crippen molar-refractivity contribution in [2.24, 2.45) is 0 Å².